The van der Waals surface area contributed by atoms with E-state index in [4.69, 9.17) is 4.42 Å². The molecule has 1 fully saturated rings. The summed E-state index contributed by atoms with van der Waals surface area (Å²) in [6.07, 6.45) is 4.13. The molecule has 0 N–H and O–H groups in total. The normalized spacial score (nSPS) is 22.1. The molecule has 3 nitrogen and oxygen atoms in total. The Labute approximate surface area is 83.7 Å². The first-order valence-electron chi connectivity index (χ1n) is 5.00. The van der Waals surface area contributed by atoms with Gasteiger partial charge in [-0.1, -0.05) is 0 Å². The molecule has 1 atom stereocenters. The molecule has 0 aliphatic heterocycles. The second-order valence-electron chi connectivity index (χ2n) is 3.93. The van der Waals surface area contributed by atoms with Crippen LogP contribution in [0.1, 0.15) is 25.0 Å². The van der Waals surface area contributed by atoms with Crippen LogP contribution >= 0.6 is 0 Å². The summed E-state index contributed by atoms with van der Waals surface area (Å²) in [7, 11) is 2.05. The Balaban J connectivity index is 1.89. The summed E-state index contributed by atoms with van der Waals surface area (Å²) in [5, 5.41) is 0. The Morgan fingerprint density at radius 2 is 2.50 bits per heavy atom. The molecule has 1 aromatic heterocycles. The van der Waals surface area contributed by atoms with E-state index in [1.807, 2.05) is 19.2 Å². The molecule has 1 aliphatic carbocycles. The maximum atomic E-state index is 11.1. The van der Waals surface area contributed by atoms with Gasteiger partial charge >= 0.3 is 0 Å². The smallest absolute Gasteiger partial charge is 0.134 e. The van der Waals surface area contributed by atoms with Crippen molar-refractivity contribution in [2.45, 2.75) is 31.8 Å². The van der Waals surface area contributed by atoms with Gasteiger partial charge in [-0.25, -0.2) is 0 Å². The second-order valence-corrected chi connectivity index (χ2v) is 3.93. The molecular formula is C11H15NO2. The highest BCUT2D eigenvalue weighted by atomic mass is 16.3. The summed E-state index contributed by atoms with van der Waals surface area (Å²) < 4.78 is 5.26. The molecule has 14 heavy (non-hydrogen) atoms. The van der Waals surface area contributed by atoms with Gasteiger partial charge in [0, 0.05) is 18.9 Å². The highest BCUT2D eigenvalue weighted by molar-refractivity contribution is 5.81. The molecule has 0 amide bonds. The molecule has 2 rings (SSSR count). The lowest BCUT2D eigenvalue weighted by atomic mass is 10.2. The number of carbonyl (C=O) groups is 1. The van der Waals surface area contributed by atoms with Crippen molar-refractivity contribution in [2.75, 3.05) is 7.05 Å². The molecule has 76 valence electrons. The van der Waals surface area contributed by atoms with E-state index in [0.29, 0.717) is 18.2 Å². The van der Waals surface area contributed by atoms with Crippen LogP contribution in [0.15, 0.2) is 22.8 Å². The van der Waals surface area contributed by atoms with Gasteiger partial charge in [-0.3, -0.25) is 9.69 Å². The van der Waals surface area contributed by atoms with Gasteiger partial charge in [0.25, 0.3) is 0 Å². The summed E-state index contributed by atoms with van der Waals surface area (Å²) in [5.74, 6) is 1.35. The maximum Gasteiger partial charge on any atom is 0.134 e. The van der Waals surface area contributed by atoms with Crippen molar-refractivity contribution in [2.24, 2.45) is 0 Å². The molecular weight excluding hydrogens is 178 g/mol. The van der Waals surface area contributed by atoms with Crippen LogP contribution < -0.4 is 0 Å². The Morgan fingerprint density at radius 1 is 1.64 bits per heavy atom. The molecule has 0 radical (unpaired) electrons. The van der Waals surface area contributed by atoms with E-state index in [-0.39, 0.29) is 0 Å². The largest absolute Gasteiger partial charge is 0.468 e. The van der Waals surface area contributed by atoms with Crippen molar-refractivity contribution in [3.8, 4) is 0 Å². The van der Waals surface area contributed by atoms with Gasteiger partial charge < -0.3 is 4.42 Å². The van der Waals surface area contributed by atoms with Crippen molar-refractivity contribution < 1.29 is 9.21 Å². The second kappa shape index (κ2) is 3.96. The number of ketones is 1. The minimum atomic E-state index is 0.390. The minimum Gasteiger partial charge on any atom is -0.468 e. The van der Waals surface area contributed by atoms with Crippen LogP contribution in [0.3, 0.4) is 0 Å². The van der Waals surface area contributed by atoms with Crippen molar-refractivity contribution >= 4 is 5.78 Å². The summed E-state index contributed by atoms with van der Waals surface area (Å²) in [6.45, 7) is 0.797. The van der Waals surface area contributed by atoms with E-state index in [1.54, 1.807) is 6.26 Å². The van der Waals surface area contributed by atoms with Crippen molar-refractivity contribution in [1.29, 1.82) is 0 Å². The number of carbonyl (C=O) groups excluding carboxylic acids is 1. The molecule has 1 unspecified atom stereocenters. The zero-order valence-electron chi connectivity index (χ0n) is 8.40. The fraction of sp³-hybridized carbons (Fsp3) is 0.545. The SMILES string of the molecule is CN(Cc1ccco1)C1CCC(=O)C1. The van der Waals surface area contributed by atoms with Crippen LogP contribution in [-0.2, 0) is 11.3 Å². The third-order valence-electron chi connectivity index (χ3n) is 2.83. The molecule has 3 heteroatoms. The Hall–Kier alpha value is -1.09. The lowest BCUT2D eigenvalue weighted by Crippen LogP contribution is -2.28. The minimum absolute atomic E-state index is 0.390. The summed E-state index contributed by atoms with van der Waals surface area (Å²) in [5.41, 5.74) is 0. The molecule has 0 spiro atoms. The Bertz CT molecular complexity index is 305. The van der Waals surface area contributed by atoms with E-state index in [0.717, 1.165) is 25.1 Å². The average Bonchev–Trinajstić information content (AvgIpc) is 2.75. The lowest BCUT2D eigenvalue weighted by Gasteiger charge is -2.21. The molecule has 0 bridgehead atoms. The van der Waals surface area contributed by atoms with Gasteiger partial charge in [-0.15, -0.1) is 0 Å². The van der Waals surface area contributed by atoms with Crippen LogP contribution in [0.2, 0.25) is 0 Å². The van der Waals surface area contributed by atoms with Crippen molar-refractivity contribution in [3.05, 3.63) is 24.2 Å². The van der Waals surface area contributed by atoms with Gasteiger partial charge in [0.15, 0.2) is 0 Å². The lowest BCUT2D eigenvalue weighted by molar-refractivity contribution is -0.117. The predicted octanol–water partition coefficient (Wildman–Crippen LogP) is 1.83. The van der Waals surface area contributed by atoms with Crippen LogP contribution in [0.25, 0.3) is 0 Å². The third-order valence-corrected chi connectivity index (χ3v) is 2.83. The number of furan rings is 1. The molecule has 1 aliphatic rings. The molecule has 1 heterocycles. The number of Topliss-reactive ketones (excluding diaryl/α,β-unsaturated/α-hetero) is 1. The monoisotopic (exact) mass is 193 g/mol. The first kappa shape index (κ1) is 9.46. The van der Waals surface area contributed by atoms with Gasteiger partial charge in [-0.2, -0.15) is 0 Å². The highest BCUT2D eigenvalue weighted by Crippen LogP contribution is 2.21. The zero-order chi connectivity index (χ0) is 9.97. The zero-order valence-corrected chi connectivity index (χ0v) is 8.40. The number of hydrogen-bond acceptors (Lipinski definition) is 3. The van der Waals surface area contributed by atoms with Crippen LogP contribution in [0, 0.1) is 0 Å². The molecule has 0 aromatic carbocycles. The number of nitrogens with zero attached hydrogens (tertiary/aromatic N) is 1. The van der Waals surface area contributed by atoms with Gasteiger partial charge in [0.2, 0.25) is 0 Å². The molecule has 0 saturated heterocycles. The van der Waals surface area contributed by atoms with Crippen LogP contribution in [0.5, 0.6) is 0 Å². The van der Waals surface area contributed by atoms with E-state index >= 15 is 0 Å². The summed E-state index contributed by atoms with van der Waals surface area (Å²) in [4.78, 5) is 13.3. The topological polar surface area (TPSA) is 33.5 Å². The van der Waals surface area contributed by atoms with Gasteiger partial charge in [0.1, 0.15) is 11.5 Å². The fourth-order valence-electron chi connectivity index (χ4n) is 1.95. The summed E-state index contributed by atoms with van der Waals surface area (Å²) in [6, 6.07) is 4.27. The number of hydrogen-bond donors (Lipinski definition) is 0. The van der Waals surface area contributed by atoms with E-state index in [1.165, 1.54) is 0 Å². The van der Waals surface area contributed by atoms with Crippen molar-refractivity contribution in [1.82, 2.24) is 4.90 Å². The van der Waals surface area contributed by atoms with E-state index < -0.39 is 0 Å². The fourth-order valence-corrected chi connectivity index (χ4v) is 1.95. The van der Waals surface area contributed by atoms with E-state index in [2.05, 4.69) is 4.90 Å². The first-order chi connectivity index (χ1) is 6.75. The third kappa shape index (κ3) is 2.04. The highest BCUT2D eigenvalue weighted by Gasteiger charge is 2.25. The quantitative estimate of drug-likeness (QED) is 0.734. The van der Waals surface area contributed by atoms with Crippen LogP contribution in [0.4, 0.5) is 0 Å². The van der Waals surface area contributed by atoms with Crippen molar-refractivity contribution in [3.63, 3.8) is 0 Å². The van der Waals surface area contributed by atoms with Crippen LogP contribution in [-0.4, -0.2) is 23.8 Å². The van der Waals surface area contributed by atoms with E-state index in [9.17, 15) is 4.79 Å². The van der Waals surface area contributed by atoms with Gasteiger partial charge in [0.05, 0.1) is 12.8 Å². The summed E-state index contributed by atoms with van der Waals surface area (Å²) >= 11 is 0. The molecule has 1 aromatic rings. The Kier molecular flexibility index (Phi) is 2.68. The Morgan fingerprint density at radius 3 is 3.07 bits per heavy atom. The predicted molar refractivity (Wildman–Crippen MR) is 52.8 cm³/mol. The maximum absolute atomic E-state index is 11.1. The van der Waals surface area contributed by atoms with Gasteiger partial charge in [-0.05, 0) is 25.6 Å². The standard InChI is InChI=1S/C11H15NO2/c1-12(8-11-3-2-6-14-11)9-4-5-10(13)7-9/h2-3,6,9H,4-5,7-8H2,1H3. The molecule has 1 saturated carbocycles. The average molecular weight is 193 g/mol. The number of rotatable bonds is 3. The first-order valence-corrected chi connectivity index (χ1v) is 5.00.